The SMILES string of the molecule is Cc1csc(CNC(C)C(O)Cc2ccccc2)n1. The fourth-order valence-electron chi connectivity index (χ4n) is 1.90. The number of thiazole rings is 1. The molecular formula is C15H20N2OS. The topological polar surface area (TPSA) is 45.1 Å². The Morgan fingerprint density at radius 1 is 1.32 bits per heavy atom. The predicted molar refractivity (Wildman–Crippen MR) is 79.3 cm³/mol. The Morgan fingerprint density at radius 2 is 2.05 bits per heavy atom. The van der Waals surface area contributed by atoms with Gasteiger partial charge in [-0.3, -0.25) is 0 Å². The first-order chi connectivity index (χ1) is 9.15. The highest BCUT2D eigenvalue weighted by molar-refractivity contribution is 7.09. The molecule has 0 aliphatic rings. The molecule has 2 rings (SSSR count). The summed E-state index contributed by atoms with van der Waals surface area (Å²) in [5, 5.41) is 16.6. The minimum atomic E-state index is -0.386. The van der Waals surface area contributed by atoms with Crippen molar-refractivity contribution < 1.29 is 5.11 Å². The number of aromatic nitrogens is 1. The molecule has 2 atom stereocenters. The molecule has 0 saturated carbocycles. The van der Waals surface area contributed by atoms with E-state index in [1.54, 1.807) is 11.3 Å². The fourth-order valence-corrected chi connectivity index (χ4v) is 2.62. The number of nitrogens with zero attached hydrogens (tertiary/aromatic N) is 1. The molecule has 0 saturated heterocycles. The van der Waals surface area contributed by atoms with Gasteiger partial charge in [-0.2, -0.15) is 0 Å². The summed E-state index contributed by atoms with van der Waals surface area (Å²) < 4.78 is 0. The zero-order chi connectivity index (χ0) is 13.7. The minimum absolute atomic E-state index is 0.0458. The van der Waals surface area contributed by atoms with Crippen LogP contribution in [0.1, 0.15) is 23.2 Å². The maximum Gasteiger partial charge on any atom is 0.107 e. The number of hydrogen-bond donors (Lipinski definition) is 2. The van der Waals surface area contributed by atoms with Crippen LogP contribution in [-0.4, -0.2) is 22.2 Å². The molecule has 0 aliphatic heterocycles. The minimum Gasteiger partial charge on any atom is -0.391 e. The van der Waals surface area contributed by atoms with Gasteiger partial charge in [0.1, 0.15) is 5.01 Å². The van der Waals surface area contributed by atoms with E-state index in [1.165, 1.54) is 0 Å². The molecule has 2 N–H and O–H groups in total. The van der Waals surface area contributed by atoms with Gasteiger partial charge in [0.25, 0.3) is 0 Å². The van der Waals surface area contributed by atoms with Crippen LogP contribution < -0.4 is 5.32 Å². The predicted octanol–water partition coefficient (Wildman–Crippen LogP) is 2.53. The summed E-state index contributed by atoms with van der Waals surface area (Å²) in [5.41, 5.74) is 2.22. The lowest BCUT2D eigenvalue weighted by molar-refractivity contribution is 0.134. The summed E-state index contributed by atoms with van der Waals surface area (Å²) >= 11 is 1.65. The standard InChI is InChI=1S/C15H20N2OS/c1-11-10-19-15(17-11)9-16-12(2)14(18)8-13-6-4-3-5-7-13/h3-7,10,12,14,16,18H,8-9H2,1-2H3. The van der Waals surface area contributed by atoms with Gasteiger partial charge in [-0.25, -0.2) is 4.98 Å². The zero-order valence-electron chi connectivity index (χ0n) is 11.3. The average molecular weight is 276 g/mol. The molecule has 3 nitrogen and oxygen atoms in total. The van der Waals surface area contributed by atoms with Gasteiger partial charge in [-0.1, -0.05) is 30.3 Å². The second kappa shape index (κ2) is 6.80. The lowest BCUT2D eigenvalue weighted by atomic mass is 10.0. The molecule has 2 aromatic rings. The highest BCUT2D eigenvalue weighted by atomic mass is 32.1. The summed E-state index contributed by atoms with van der Waals surface area (Å²) in [6.07, 6.45) is 0.287. The molecule has 2 unspecified atom stereocenters. The molecule has 0 aliphatic carbocycles. The monoisotopic (exact) mass is 276 g/mol. The highest BCUT2D eigenvalue weighted by Gasteiger charge is 2.14. The van der Waals surface area contributed by atoms with Crippen LogP contribution in [0.15, 0.2) is 35.7 Å². The van der Waals surface area contributed by atoms with Gasteiger partial charge in [-0.15, -0.1) is 11.3 Å². The first kappa shape index (κ1) is 14.2. The van der Waals surface area contributed by atoms with Crippen molar-refractivity contribution in [2.45, 2.75) is 39.0 Å². The highest BCUT2D eigenvalue weighted by Crippen LogP contribution is 2.10. The van der Waals surface area contributed by atoms with Crippen molar-refractivity contribution in [2.24, 2.45) is 0 Å². The Bertz CT molecular complexity index is 498. The third-order valence-corrected chi connectivity index (χ3v) is 4.07. The molecule has 4 heteroatoms. The normalized spacial score (nSPS) is 14.3. The first-order valence-electron chi connectivity index (χ1n) is 6.51. The summed E-state index contributed by atoms with van der Waals surface area (Å²) in [7, 11) is 0. The number of benzene rings is 1. The number of aliphatic hydroxyl groups is 1. The molecule has 102 valence electrons. The molecule has 1 aromatic heterocycles. The summed E-state index contributed by atoms with van der Waals surface area (Å²) in [6.45, 7) is 4.72. The van der Waals surface area contributed by atoms with Crippen LogP contribution in [0, 0.1) is 6.92 Å². The van der Waals surface area contributed by atoms with E-state index in [0.717, 1.165) is 16.3 Å². The van der Waals surface area contributed by atoms with Crippen LogP contribution in [0.4, 0.5) is 0 Å². The van der Waals surface area contributed by atoms with Gasteiger partial charge >= 0.3 is 0 Å². The van der Waals surface area contributed by atoms with Crippen LogP contribution >= 0.6 is 11.3 Å². The van der Waals surface area contributed by atoms with E-state index in [2.05, 4.69) is 10.3 Å². The molecule has 0 radical (unpaired) electrons. The molecule has 0 fully saturated rings. The Kier molecular flexibility index (Phi) is 5.07. The zero-order valence-corrected chi connectivity index (χ0v) is 12.2. The van der Waals surface area contributed by atoms with E-state index in [4.69, 9.17) is 0 Å². The maximum absolute atomic E-state index is 10.2. The average Bonchev–Trinajstić information content (AvgIpc) is 2.83. The molecule has 0 amide bonds. The van der Waals surface area contributed by atoms with Gasteiger partial charge in [0.15, 0.2) is 0 Å². The smallest absolute Gasteiger partial charge is 0.107 e. The second-order valence-corrected chi connectivity index (χ2v) is 5.75. The fraction of sp³-hybridized carbons (Fsp3) is 0.400. The van der Waals surface area contributed by atoms with Crippen LogP contribution in [0.3, 0.4) is 0 Å². The van der Waals surface area contributed by atoms with Gasteiger partial charge in [0, 0.05) is 23.7 Å². The maximum atomic E-state index is 10.2. The van der Waals surface area contributed by atoms with Crippen LogP contribution in [0.2, 0.25) is 0 Å². The Morgan fingerprint density at radius 3 is 2.68 bits per heavy atom. The summed E-state index contributed by atoms with van der Waals surface area (Å²) in [5.74, 6) is 0. The second-order valence-electron chi connectivity index (χ2n) is 4.81. The van der Waals surface area contributed by atoms with Crippen molar-refractivity contribution in [3.63, 3.8) is 0 Å². The molecule has 0 spiro atoms. The molecule has 19 heavy (non-hydrogen) atoms. The molecule has 0 bridgehead atoms. The molecule has 1 aromatic carbocycles. The number of aryl methyl sites for hydroxylation is 1. The number of rotatable bonds is 6. The van der Waals surface area contributed by atoms with Gasteiger partial charge in [0.2, 0.25) is 0 Å². The van der Waals surface area contributed by atoms with E-state index >= 15 is 0 Å². The van der Waals surface area contributed by atoms with E-state index in [-0.39, 0.29) is 12.1 Å². The molecular weight excluding hydrogens is 256 g/mol. The van der Waals surface area contributed by atoms with E-state index < -0.39 is 0 Å². The van der Waals surface area contributed by atoms with E-state index in [9.17, 15) is 5.11 Å². The largest absolute Gasteiger partial charge is 0.391 e. The summed E-state index contributed by atoms with van der Waals surface area (Å²) in [4.78, 5) is 4.40. The van der Waals surface area contributed by atoms with Crippen LogP contribution in [0.5, 0.6) is 0 Å². The van der Waals surface area contributed by atoms with Crippen LogP contribution in [-0.2, 0) is 13.0 Å². The van der Waals surface area contributed by atoms with Crippen molar-refractivity contribution in [3.05, 3.63) is 52.0 Å². The van der Waals surface area contributed by atoms with Gasteiger partial charge < -0.3 is 10.4 Å². The Balaban J connectivity index is 1.80. The van der Waals surface area contributed by atoms with Crippen molar-refractivity contribution >= 4 is 11.3 Å². The van der Waals surface area contributed by atoms with E-state index in [1.807, 2.05) is 49.6 Å². The van der Waals surface area contributed by atoms with Crippen molar-refractivity contribution in [2.75, 3.05) is 0 Å². The first-order valence-corrected chi connectivity index (χ1v) is 7.39. The van der Waals surface area contributed by atoms with Gasteiger partial charge in [-0.05, 0) is 25.8 Å². The quantitative estimate of drug-likeness (QED) is 0.852. The third kappa shape index (κ3) is 4.42. The Labute approximate surface area is 118 Å². The third-order valence-electron chi connectivity index (χ3n) is 3.11. The lowest BCUT2D eigenvalue weighted by Crippen LogP contribution is -2.38. The van der Waals surface area contributed by atoms with Crippen molar-refractivity contribution in [3.8, 4) is 0 Å². The van der Waals surface area contributed by atoms with Crippen molar-refractivity contribution in [1.29, 1.82) is 0 Å². The number of nitrogens with one attached hydrogen (secondary N) is 1. The van der Waals surface area contributed by atoms with Gasteiger partial charge in [0.05, 0.1) is 6.10 Å². The summed E-state index contributed by atoms with van der Waals surface area (Å²) in [6, 6.07) is 10.1. The molecule has 1 heterocycles. The Hall–Kier alpha value is -1.23. The number of hydrogen-bond acceptors (Lipinski definition) is 4. The van der Waals surface area contributed by atoms with Crippen LogP contribution in [0.25, 0.3) is 0 Å². The van der Waals surface area contributed by atoms with Crippen molar-refractivity contribution in [1.82, 2.24) is 10.3 Å². The lowest BCUT2D eigenvalue weighted by Gasteiger charge is -2.19. The number of aliphatic hydroxyl groups excluding tert-OH is 1. The van der Waals surface area contributed by atoms with E-state index in [0.29, 0.717) is 13.0 Å².